The SMILES string of the molecule is CCOC(=O)C1(C(=O)OCC)C=C(c2ccccc2)P(=O)(OCC)C1C(C)C. The highest BCUT2D eigenvalue weighted by molar-refractivity contribution is 7.71. The Kier molecular flexibility index (Phi) is 7.24. The molecule has 2 unspecified atom stereocenters. The van der Waals surface area contributed by atoms with Gasteiger partial charge in [-0.05, 0) is 38.3 Å². The lowest BCUT2D eigenvalue weighted by molar-refractivity contribution is -0.168. The van der Waals surface area contributed by atoms with Crippen LogP contribution in [0, 0.1) is 11.3 Å². The lowest BCUT2D eigenvalue weighted by atomic mass is 9.79. The standard InChI is InChI=1S/C21H29O6P/c1-6-25-19(22)21(20(23)26-7-2)14-17(16-12-10-9-11-13-16)28(24,27-8-3)18(21)15(4)5/h9-15,18H,6-8H2,1-5H3. The number of esters is 2. The van der Waals surface area contributed by atoms with Crippen LogP contribution in [-0.4, -0.2) is 37.4 Å². The zero-order valence-electron chi connectivity index (χ0n) is 17.1. The second-order valence-corrected chi connectivity index (χ2v) is 9.40. The van der Waals surface area contributed by atoms with Crippen LogP contribution in [-0.2, 0) is 28.2 Å². The Hall–Kier alpha value is -1.91. The third kappa shape index (κ3) is 3.68. The van der Waals surface area contributed by atoms with E-state index in [0.29, 0.717) is 10.9 Å². The summed E-state index contributed by atoms with van der Waals surface area (Å²) in [6, 6.07) is 9.05. The zero-order valence-corrected chi connectivity index (χ0v) is 18.0. The first-order chi connectivity index (χ1) is 13.3. The third-order valence-electron chi connectivity index (χ3n) is 4.78. The van der Waals surface area contributed by atoms with Crippen LogP contribution in [0.2, 0.25) is 0 Å². The molecule has 0 radical (unpaired) electrons. The first kappa shape index (κ1) is 22.4. The molecule has 0 saturated carbocycles. The van der Waals surface area contributed by atoms with E-state index in [9.17, 15) is 14.2 Å². The predicted octanol–water partition coefficient (Wildman–Crippen LogP) is 4.49. The highest BCUT2D eigenvalue weighted by Crippen LogP contribution is 2.74. The number of carbonyl (C=O) groups is 2. The Morgan fingerprint density at radius 1 is 1.00 bits per heavy atom. The van der Waals surface area contributed by atoms with Crippen molar-refractivity contribution in [1.82, 2.24) is 0 Å². The summed E-state index contributed by atoms with van der Waals surface area (Å²) < 4.78 is 30.6. The lowest BCUT2D eigenvalue weighted by Gasteiger charge is -2.35. The lowest BCUT2D eigenvalue weighted by Crippen LogP contribution is -2.49. The molecule has 0 aliphatic carbocycles. The monoisotopic (exact) mass is 408 g/mol. The van der Waals surface area contributed by atoms with Crippen LogP contribution in [0.1, 0.15) is 40.2 Å². The van der Waals surface area contributed by atoms with Gasteiger partial charge in [-0.25, -0.2) is 0 Å². The molecule has 6 nitrogen and oxygen atoms in total. The Balaban J connectivity index is 2.83. The van der Waals surface area contributed by atoms with Crippen molar-refractivity contribution in [3.05, 3.63) is 42.0 Å². The molecule has 2 rings (SSSR count). The van der Waals surface area contributed by atoms with E-state index in [1.54, 1.807) is 32.9 Å². The molecule has 2 atom stereocenters. The van der Waals surface area contributed by atoms with Crippen LogP contribution in [0.4, 0.5) is 0 Å². The minimum atomic E-state index is -3.59. The molecule has 1 aromatic rings. The Morgan fingerprint density at radius 2 is 1.54 bits per heavy atom. The van der Waals surface area contributed by atoms with Gasteiger partial charge in [-0.3, -0.25) is 14.2 Å². The first-order valence-electron chi connectivity index (χ1n) is 9.67. The molecule has 1 aliphatic rings. The van der Waals surface area contributed by atoms with Gasteiger partial charge in [0.1, 0.15) is 0 Å². The summed E-state index contributed by atoms with van der Waals surface area (Å²) in [4.78, 5) is 26.2. The molecule has 1 heterocycles. The molecule has 0 bridgehead atoms. The van der Waals surface area contributed by atoms with Gasteiger partial charge in [-0.2, -0.15) is 0 Å². The van der Waals surface area contributed by atoms with E-state index in [1.807, 2.05) is 32.0 Å². The summed E-state index contributed by atoms with van der Waals surface area (Å²) >= 11 is 0. The number of benzene rings is 1. The Labute approximate surface area is 166 Å². The maximum Gasteiger partial charge on any atom is 0.328 e. The topological polar surface area (TPSA) is 78.9 Å². The Morgan fingerprint density at radius 3 is 1.96 bits per heavy atom. The summed E-state index contributed by atoms with van der Waals surface area (Å²) in [7, 11) is -3.59. The summed E-state index contributed by atoms with van der Waals surface area (Å²) in [5, 5.41) is 0.370. The second kappa shape index (κ2) is 9.06. The molecule has 1 aromatic carbocycles. The average Bonchev–Trinajstić information content (AvgIpc) is 2.93. The molecule has 0 saturated heterocycles. The smallest absolute Gasteiger partial charge is 0.328 e. The molecular weight excluding hydrogens is 379 g/mol. The van der Waals surface area contributed by atoms with Crippen molar-refractivity contribution in [3.63, 3.8) is 0 Å². The number of ether oxygens (including phenoxy) is 2. The van der Waals surface area contributed by atoms with E-state index in [4.69, 9.17) is 14.0 Å². The van der Waals surface area contributed by atoms with Gasteiger partial charge in [0, 0.05) is 5.31 Å². The van der Waals surface area contributed by atoms with Crippen LogP contribution in [0.5, 0.6) is 0 Å². The van der Waals surface area contributed by atoms with Crippen LogP contribution in [0.15, 0.2) is 36.4 Å². The molecule has 0 aromatic heterocycles. The van der Waals surface area contributed by atoms with Gasteiger partial charge in [0.15, 0.2) is 5.41 Å². The van der Waals surface area contributed by atoms with Crippen molar-refractivity contribution in [2.45, 2.75) is 40.3 Å². The molecule has 154 valence electrons. The van der Waals surface area contributed by atoms with Gasteiger partial charge in [0.25, 0.3) is 0 Å². The van der Waals surface area contributed by atoms with Crippen LogP contribution >= 0.6 is 7.37 Å². The van der Waals surface area contributed by atoms with Crippen LogP contribution in [0.3, 0.4) is 0 Å². The summed E-state index contributed by atoms with van der Waals surface area (Å²) in [6.45, 7) is 9.11. The van der Waals surface area contributed by atoms with E-state index in [1.165, 1.54) is 6.08 Å². The van der Waals surface area contributed by atoms with Gasteiger partial charge in [-0.15, -0.1) is 0 Å². The molecule has 7 heteroatoms. The average molecular weight is 408 g/mol. The number of hydrogen-bond acceptors (Lipinski definition) is 6. The van der Waals surface area contributed by atoms with E-state index < -0.39 is 30.4 Å². The van der Waals surface area contributed by atoms with Crippen LogP contribution < -0.4 is 0 Å². The van der Waals surface area contributed by atoms with Crippen molar-refractivity contribution in [1.29, 1.82) is 0 Å². The minimum absolute atomic E-state index is 0.0955. The van der Waals surface area contributed by atoms with E-state index in [2.05, 4.69) is 0 Å². The first-order valence-corrected chi connectivity index (χ1v) is 11.4. The molecule has 0 spiro atoms. The van der Waals surface area contributed by atoms with Crippen molar-refractivity contribution < 1.29 is 28.2 Å². The van der Waals surface area contributed by atoms with Gasteiger partial charge in [0.2, 0.25) is 7.37 Å². The van der Waals surface area contributed by atoms with Crippen molar-refractivity contribution in [3.8, 4) is 0 Å². The fraction of sp³-hybridized carbons (Fsp3) is 0.524. The Bertz CT molecular complexity index is 765. The number of hydrogen-bond donors (Lipinski definition) is 0. The maximum atomic E-state index is 14.2. The van der Waals surface area contributed by atoms with Gasteiger partial charge < -0.3 is 14.0 Å². The normalized spacial score (nSPS) is 23.4. The van der Waals surface area contributed by atoms with Crippen LogP contribution in [0.25, 0.3) is 5.31 Å². The van der Waals surface area contributed by atoms with Gasteiger partial charge in [0.05, 0.1) is 25.5 Å². The predicted molar refractivity (Wildman–Crippen MR) is 108 cm³/mol. The third-order valence-corrected chi connectivity index (χ3v) is 8.22. The largest absolute Gasteiger partial charge is 0.465 e. The van der Waals surface area contributed by atoms with Crippen molar-refractivity contribution in [2.24, 2.45) is 11.3 Å². The fourth-order valence-electron chi connectivity index (χ4n) is 3.88. The van der Waals surface area contributed by atoms with E-state index in [-0.39, 0.29) is 25.7 Å². The van der Waals surface area contributed by atoms with E-state index in [0.717, 1.165) is 0 Å². The number of carbonyl (C=O) groups excluding carboxylic acids is 2. The van der Waals surface area contributed by atoms with Crippen molar-refractivity contribution >= 4 is 24.6 Å². The molecule has 0 amide bonds. The second-order valence-electron chi connectivity index (χ2n) is 6.91. The minimum Gasteiger partial charge on any atom is -0.465 e. The molecule has 28 heavy (non-hydrogen) atoms. The fourth-order valence-corrected chi connectivity index (χ4v) is 7.37. The highest BCUT2D eigenvalue weighted by Gasteiger charge is 2.67. The van der Waals surface area contributed by atoms with E-state index >= 15 is 0 Å². The highest BCUT2D eigenvalue weighted by atomic mass is 31.2. The molecule has 1 aliphatic heterocycles. The summed E-state index contributed by atoms with van der Waals surface area (Å²) in [5.41, 5.74) is -2.07. The quantitative estimate of drug-likeness (QED) is 0.358. The molecular formula is C21H29O6P. The van der Waals surface area contributed by atoms with Gasteiger partial charge in [-0.1, -0.05) is 44.2 Å². The molecule has 0 fully saturated rings. The maximum absolute atomic E-state index is 14.2. The summed E-state index contributed by atoms with van der Waals surface area (Å²) in [5.74, 6) is -1.81. The van der Waals surface area contributed by atoms with Gasteiger partial charge >= 0.3 is 11.9 Å². The molecule has 0 N–H and O–H groups in total. The zero-order chi connectivity index (χ0) is 20.9. The summed E-state index contributed by atoms with van der Waals surface area (Å²) in [6.07, 6.45) is 1.47. The van der Waals surface area contributed by atoms with Crippen molar-refractivity contribution in [2.75, 3.05) is 19.8 Å². The number of rotatable bonds is 8.